The van der Waals surface area contributed by atoms with Gasteiger partial charge >= 0.3 is 5.97 Å². The summed E-state index contributed by atoms with van der Waals surface area (Å²) in [5, 5.41) is 8.70. The summed E-state index contributed by atoms with van der Waals surface area (Å²) in [6.07, 6.45) is 1.61. The van der Waals surface area contributed by atoms with Crippen molar-refractivity contribution in [2.75, 3.05) is 26.3 Å². The Hall–Kier alpha value is -0.640. The van der Waals surface area contributed by atoms with Crippen LogP contribution in [0.3, 0.4) is 0 Å². The quantitative estimate of drug-likeness (QED) is 0.688. The van der Waals surface area contributed by atoms with Gasteiger partial charge in [0.15, 0.2) is 0 Å². The molecule has 0 aromatic heterocycles. The standard InChI is InChI=1S/C8H14FNO2/c9-3-5-10-4-1-2-7(6-10)8(11)12/h7H,1-6H2,(H,11,12). The molecule has 0 aromatic carbocycles. The molecule has 0 aliphatic carbocycles. The second kappa shape index (κ2) is 4.40. The van der Waals surface area contributed by atoms with Crippen molar-refractivity contribution in [2.24, 2.45) is 5.92 Å². The smallest absolute Gasteiger partial charge is 0.307 e. The SMILES string of the molecule is O=C(O)C1CCCN(CCF)C1. The van der Waals surface area contributed by atoms with E-state index in [0.29, 0.717) is 13.1 Å². The van der Waals surface area contributed by atoms with Gasteiger partial charge in [-0.15, -0.1) is 0 Å². The molecule has 1 aliphatic heterocycles. The lowest BCUT2D eigenvalue weighted by Crippen LogP contribution is -2.39. The van der Waals surface area contributed by atoms with E-state index in [0.717, 1.165) is 19.4 Å². The number of carbonyl (C=O) groups is 1. The highest BCUT2D eigenvalue weighted by Gasteiger charge is 2.24. The third-order valence-corrected chi connectivity index (χ3v) is 2.26. The Morgan fingerprint density at radius 3 is 3.00 bits per heavy atom. The molecular formula is C8H14FNO2. The Balaban J connectivity index is 2.35. The van der Waals surface area contributed by atoms with Crippen molar-refractivity contribution >= 4 is 5.97 Å². The van der Waals surface area contributed by atoms with Gasteiger partial charge in [0.25, 0.3) is 0 Å². The minimum absolute atomic E-state index is 0.287. The van der Waals surface area contributed by atoms with Gasteiger partial charge in [0.05, 0.1) is 5.92 Å². The topological polar surface area (TPSA) is 40.5 Å². The molecule has 1 N–H and O–H groups in total. The van der Waals surface area contributed by atoms with Crippen LogP contribution in [0.5, 0.6) is 0 Å². The number of hydrogen-bond acceptors (Lipinski definition) is 2. The Kier molecular flexibility index (Phi) is 3.47. The maximum atomic E-state index is 11.9. The van der Waals surface area contributed by atoms with Crippen molar-refractivity contribution in [2.45, 2.75) is 12.8 Å². The second-order valence-corrected chi connectivity index (χ2v) is 3.17. The number of alkyl halides is 1. The van der Waals surface area contributed by atoms with E-state index in [9.17, 15) is 9.18 Å². The van der Waals surface area contributed by atoms with E-state index in [2.05, 4.69) is 0 Å². The van der Waals surface area contributed by atoms with Crippen molar-refractivity contribution < 1.29 is 14.3 Å². The molecule has 1 atom stereocenters. The number of piperidine rings is 1. The van der Waals surface area contributed by atoms with Gasteiger partial charge in [-0.05, 0) is 19.4 Å². The molecule has 4 heteroatoms. The first kappa shape index (κ1) is 9.45. The van der Waals surface area contributed by atoms with Crippen LogP contribution in [0, 0.1) is 5.92 Å². The molecule has 0 spiro atoms. The van der Waals surface area contributed by atoms with Gasteiger partial charge in [0.2, 0.25) is 0 Å². The van der Waals surface area contributed by atoms with E-state index in [1.165, 1.54) is 0 Å². The summed E-state index contributed by atoms with van der Waals surface area (Å²) >= 11 is 0. The Morgan fingerprint density at radius 2 is 2.42 bits per heavy atom. The zero-order valence-electron chi connectivity index (χ0n) is 7.00. The average molecular weight is 175 g/mol. The van der Waals surface area contributed by atoms with E-state index >= 15 is 0 Å². The first-order chi connectivity index (χ1) is 5.74. The summed E-state index contributed by atoms with van der Waals surface area (Å²) in [5.74, 6) is -1.04. The van der Waals surface area contributed by atoms with Gasteiger partial charge in [-0.1, -0.05) is 0 Å². The van der Waals surface area contributed by atoms with Crippen molar-refractivity contribution in [3.63, 3.8) is 0 Å². The van der Waals surface area contributed by atoms with Gasteiger partial charge in [-0.3, -0.25) is 9.69 Å². The van der Waals surface area contributed by atoms with E-state index in [-0.39, 0.29) is 12.6 Å². The molecule has 70 valence electrons. The van der Waals surface area contributed by atoms with Gasteiger partial charge < -0.3 is 5.11 Å². The molecule has 0 saturated carbocycles. The fourth-order valence-corrected chi connectivity index (χ4v) is 1.58. The molecule has 0 amide bonds. The molecule has 1 saturated heterocycles. The van der Waals surface area contributed by atoms with E-state index in [1.54, 1.807) is 0 Å². The maximum absolute atomic E-state index is 11.9. The molecule has 0 bridgehead atoms. The number of halogens is 1. The molecule has 1 fully saturated rings. The highest BCUT2D eigenvalue weighted by molar-refractivity contribution is 5.70. The van der Waals surface area contributed by atoms with Crippen LogP contribution in [0.25, 0.3) is 0 Å². The molecule has 1 rings (SSSR count). The van der Waals surface area contributed by atoms with Crippen LogP contribution >= 0.6 is 0 Å². The maximum Gasteiger partial charge on any atom is 0.307 e. The molecule has 0 aromatic rings. The van der Waals surface area contributed by atoms with Crippen LogP contribution in [-0.2, 0) is 4.79 Å². The fraction of sp³-hybridized carbons (Fsp3) is 0.875. The van der Waals surface area contributed by atoms with Gasteiger partial charge in [0, 0.05) is 13.1 Å². The summed E-state index contributed by atoms with van der Waals surface area (Å²) in [5.41, 5.74) is 0. The first-order valence-corrected chi connectivity index (χ1v) is 4.25. The highest BCUT2D eigenvalue weighted by atomic mass is 19.1. The van der Waals surface area contributed by atoms with Gasteiger partial charge in [0.1, 0.15) is 6.67 Å². The number of aliphatic carboxylic acids is 1. The average Bonchev–Trinajstić information content (AvgIpc) is 2.05. The Bertz CT molecular complexity index is 161. The summed E-state index contributed by atoms with van der Waals surface area (Å²) < 4.78 is 11.9. The minimum atomic E-state index is -0.751. The molecule has 3 nitrogen and oxygen atoms in total. The van der Waals surface area contributed by atoms with Crippen molar-refractivity contribution in [3.8, 4) is 0 Å². The molecule has 1 heterocycles. The van der Waals surface area contributed by atoms with Crippen LogP contribution in [0.15, 0.2) is 0 Å². The van der Waals surface area contributed by atoms with Crippen molar-refractivity contribution in [1.29, 1.82) is 0 Å². The molecule has 1 aliphatic rings. The molecule has 12 heavy (non-hydrogen) atoms. The lowest BCUT2D eigenvalue weighted by molar-refractivity contribution is -0.143. The van der Waals surface area contributed by atoms with E-state index < -0.39 is 5.97 Å². The van der Waals surface area contributed by atoms with Crippen molar-refractivity contribution in [1.82, 2.24) is 4.90 Å². The largest absolute Gasteiger partial charge is 0.481 e. The number of carboxylic acids is 1. The lowest BCUT2D eigenvalue weighted by Gasteiger charge is -2.29. The second-order valence-electron chi connectivity index (χ2n) is 3.17. The van der Waals surface area contributed by atoms with E-state index in [1.807, 2.05) is 4.90 Å². The summed E-state index contributed by atoms with van der Waals surface area (Å²) in [6.45, 7) is 1.35. The Labute approximate surface area is 71.2 Å². The molecule has 1 unspecified atom stereocenters. The van der Waals surface area contributed by atoms with Gasteiger partial charge in [-0.2, -0.15) is 0 Å². The number of hydrogen-bond donors (Lipinski definition) is 1. The number of carboxylic acid groups (broad SMARTS) is 1. The van der Waals surface area contributed by atoms with Gasteiger partial charge in [-0.25, -0.2) is 4.39 Å². The minimum Gasteiger partial charge on any atom is -0.481 e. The fourth-order valence-electron chi connectivity index (χ4n) is 1.58. The summed E-state index contributed by atoms with van der Waals surface area (Å²) in [4.78, 5) is 12.5. The highest BCUT2D eigenvalue weighted by Crippen LogP contribution is 2.15. The number of rotatable bonds is 3. The van der Waals surface area contributed by atoms with Crippen LogP contribution in [-0.4, -0.2) is 42.3 Å². The summed E-state index contributed by atoms with van der Waals surface area (Å²) in [7, 11) is 0. The normalized spacial score (nSPS) is 25.6. The van der Waals surface area contributed by atoms with Crippen molar-refractivity contribution in [3.05, 3.63) is 0 Å². The zero-order valence-corrected chi connectivity index (χ0v) is 7.00. The number of nitrogens with zero attached hydrogens (tertiary/aromatic N) is 1. The monoisotopic (exact) mass is 175 g/mol. The van der Waals surface area contributed by atoms with E-state index in [4.69, 9.17) is 5.11 Å². The predicted octanol–water partition coefficient (Wildman–Crippen LogP) is 0.753. The predicted molar refractivity (Wildman–Crippen MR) is 42.8 cm³/mol. The summed E-state index contributed by atoms with van der Waals surface area (Å²) in [6, 6.07) is 0. The molecule has 0 radical (unpaired) electrons. The first-order valence-electron chi connectivity index (χ1n) is 4.25. The third kappa shape index (κ3) is 2.44. The van der Waals surface area contributed by atoms with Crippen LogP contribution in [0.2, 0.25) is 0 Å². The zero-order chi connectivity index (χ0) is 8.97. The van der Waals surface area contributed by atoms with Crippen LogP contribution in [0.1, 0.15) is 12.8 Å². The van der Waals surface area contributed by atoms with Crippen LogP contribution < -0.4 is 0 Å². The third-order valence-electron chi connectivity index (χ3n) is 2.26. The lowest BCUT2D eigenvalue weighted by atomic mass is 9.98. The van der Waals surface area contributed by atoms with Crippen LogP contribution in [0.4, 0.5) is 4.39 Å². The molecular weight excluding hydrogens is 161 g/mol. The number of likely N-dealkylation sites (tertiary alicyclic amines) is 1. The Morgan fingerprint density at radius 1 is 1.67 bits per heavy atom.